The summed E-state index contributed by atoms with van der Waals surface area (Å²) in [7, 11) is 0. The Kier molecular flexibility index (Phi) is 9.92. The third kappa shape index (κ3) is 7.41. The van der Waals surface area contributed by atoms with Gasteiger partial charge in [0.05, 0.1) is 25.9 Å². The molecule has 0 aromatic heterocycles. The van der Waals surface area contributed by atoms with Gasteiger partial charge in [0.1, 0.15) is 37.3 Å². The van der Waals surface area contributed by atoms with E-state index < -0.39 is 6.10 Å². The molecule has 1 aliphatic rings. The van der Waals surface area contributed by atoms with E-state index in [1.54, 1.807) is 0 Å². The van der Waals surface area contributed by atoms with Crippen molar-refractivity contribution < 1.29 is 23.7 Å². The van der Waals surface area contributed by atoms with E-state index in [-0.39, 0.29) is 24.4 Å². The number of ether oxygens (including phenoxy) is 5. The highest BCUT2D eigenvalue weighted by Crippen LogP contribution is 2.30. The highest BCUT2D eigenvalue weighted by atomic mass is 16.6. The molecule has 5 nitrogen and oxygen atoms in total. The molecular formula is C31H34O5. The Morgan fingerprint density at radius 3 is 1.61 bits per heavy atom. The van der Waals surface area contributed by atoms with Gasteiger partial charge in [0.2, 0.25) is 0 Å². The molecule has 1 fully saturated rings. The number of benzene rings is 3. The van der Waals surface area contributed by atoms with Crippen LogP contribution < -0.4 is 0 Å². The summed E-state index contributed by atoms with van der Waals surface area (Å²) < 4.78 is 31.5. The van der Waals surface area contributed by atoms with E-state index in [9.17, 15) is 0 Å². The van der Waals surface area contributed by atoms with Crippen molar-refractivity contribution in [2.75, 3.05) is 6.61 Å². The van der Waals surface area contributed by atoms with Gasteiger partial charge >= 0.3 is 0 Å². The second kappa shape index (κ2) is 13.8. The molecule has 0 aliphatic carbocycles. The minimum atomic E-state index is -0.413. The van der Waals surface area contributed by atoms with Crippen LogP contribution in [0, 0.1) is 0 Å². The summed E-state index contributed by atoms with van der Waals surface area (Å²) >= 11 is 0. The van der Waals surface area contributed by atoms with E-state index in [4.69, 9.17) is 23.7 Å². The molecule has 4 rings (SSSR count). The Bertz CT molecular complexity index is 1070. The van der Waals surface area contributed by atoms with Crippen molar-refractivity contribution in [2.45, 2.75) is 57.3 Å². The maximum Gasteiger partial charge on any atom is 0.125 e. The van der Waals surface area contributed by atoms with Crippen molar-refractivity contribution >= 4 is 0 Å². The van der Waals surface area contributed by atoms with Gasteiger partial charge in [0.15, 0.2) is 0 Å². The van der Waals surface area contributed by atoms with Crippen LogP contribution in [0.3, 0.4) is 0 Å². The van der Waals surface area contributed by atoms with Crippen molar-refractivity contribution in [3.8, 4) is 0 Å². The monoisotopic (exact) mass is 486 g/mol. The molecule has 1 aliphatic heterocycles. The fraction of sp³-hybridized carbons (Fsp3) is 0.323. The van der Waals surface area contributed by atoms with Crippen LogP contribution in [0.1, 0.15) is 23.6 Å². The normalized spacial score (nSPS) is 23.5. The van der Waals surface area contributed by atoms with E-state index in [1.807, 2.05) is 73.7 Å². The summed E-state index contributed by atoms with van der Waals surface area (Å²) in [4.78, 5) is 0. The molecule has 1 heterocycles. The molecule has 5 heteroatoms. The first-order valence-electron chi connectivity index (χ1n) is 12.3. The van der Waals surface area contributed by atoms with E-state index >= 15 is 0 Å². The lowest BCUT2D eigenvalue weighted by atomic mass is 9.94. The molecule has 0 radical (unpaired) electrons. The van der Waals surface area contributed by atoms with E-state index in [0.29, 0.717) is 26.4 Å². The van der Waals surface area contributed by atoms with Crippen LogP contribution >= 0.6 is 0 Å². The van der Waals surface area contributed by atoms with Crippen molar-refractivity contribution in [3.05, 3.63) is 126 Å². The fourth-order valence-corrected chi connectivity index (χ4v) is 4.35. The van der Waals surface area contributed by atoms with E-state index in [2.05, 4.69) is 36.6 Å². The Morgan fingerprint density at radius 1 is 0.694 bits per heavy atom. The number of rotatable bonds is 12. The number of hydrogen-bond acceptors (Lipinski definition) is 5. The van der Waals surface area contributed by atoms with Gasteiger partial charge in [-0.3, -0.25) is 0 Å². The van der Waals surface area contributed by atoms with Crippen molar-refractivity contribution in [3.63, 3.8) is 0 Å². The molecule has 0 spiro atoms. The molecule has 188 valence electrons. The highest BCUT2D eigenvalue weighted by molar-refractivity contribution is 5.15. The minimum absolute atomic E-state index is 0.229. The first-order chi connectivity index (χ1) is 17.7. The zero-order valence-electron chi connectivity index (χ0n) is 20.7. The molecule has 0 amide bonds. The van der Waals surface area contributed by atoms with Crippen LogP contribution in [0.15, 0.2) is 110 Å². The summed E-state index contributed by atoms with van der Waals surface area (Å²) in [6.45, 7) is 7.20. The molecule has 1 saturated heterocycles. The summed E-state index contributed by atoms with van der Waals surface area (Å²) in [5.74, 6) is 0. The average molecular weight is 487 g/mol. The van der Waals surface area contributed by atoms with Crippen LogP contribution in [0.25, 0.3) is 0 Å². The molecular weight excluding hydrogens is 452 g/mol. The average Bonchev–Trinajstić information content (AvgIpc) is 2.92. The number of hydrogen-bond donors (Lipinski definition) is 0. The Balaban J connectivity index is 1.57. The third-order valence-electron chi connectivity index (χ3n) is 6.15. The van der Waals surface area contributed by atoms with Gasteiger partial charge in [-0.15, -0.1) is 0 Å². The van der Waals surface area contributed by atoms with Crippen LogP contribution in [0.2, 0.25) is 0 Å². The predicted octanol–water partition coefficient (Wildman–Crippen LogP) is 5.85. The van der Waals surface area contributed by atoms with Crippen molar-refractivity contribution in [2.24, 2.45) is 0 Å². The van der Waals surface area contributed by atoms with Gasteiger partial charge in [-0.1, -0.05) is 103 Å². The highest BCUT2D eigenvalue weighted by Gasteiger charge is 2.47. The Morgan fingerprint density at radius 2 is 1.14 bits per heavy atom. The lowest BCUT2D eigenvalue weighted by Gasteiger charge is -2.45. The second-order valence-corrected chi connectivity index (χ2v) is 8.82. The van der Waals surface area contributed by atoms with Crippen LogP contribution in [-0.4, -0.2) is 37.1 Å². The largest absolute Gasteiger partial charge is 0.490 e. The Labute approximate surface area is 213 Å². The summed E-state index contributed by atoms with van der Waals surface area (Å²) in [5.41, 5.74) is 5.90. The van der Waals surface area contributed by atoms with E-state index in [0.717, 1.165) is 16.7 Å². The Hall–Kier alpha value is -3.18. The maximum absolute atomic E-state index is 6.55. The standard InChI is InChI=1S/C31H34O5/c1-3-19-32-23-28-30(34-21-26-15-9-5-10-16-26)31(35-22-27-17-11-6-12-18-27)29(24(2)36-28)33-20-25-13-7-4-8-14-25/h4-19,24,28-31H,1,20-23H2,2H3/t24-,28+,29-,30+,31+/m0/s1. The molecule has 5 atom stereocenters. The van der Waals surface area contributed by atoms with Gasteiger partial charge < -0.3 is 23.7 Å². The molecule has 3 aromatic carbocycles. The van der Waals surface area contributed by atoms with Gasteiger partial charge in [0, 0.05) is 0 Å². The van der Waals surface area contributed by atoms with E-state index in [1.165, 1.54) is 6.26 Å². The summed E-state index contributed by atoms with van der Waals surface area (Å²) in [6.07, 6.45) is -0.258. The first-order valence-corrected chi connectivity index (χ1v) is 12.3. The lowest BCUT2D eigenvalue weighted by molar-refractivity contribution is -0.266. The van der Waals surface area contributed by atoms with Gasteiger partial charge in [-0.05, 0) is 23.6 Å². The third-order valence-corrected chi connectivity index (χ3v) is 6.15. The molecule has 0 unspecified atom stereocenters. The molecule has 0 N–H and O–H groups in total. The summed E-state index contributed by atoms with van der Waals surface area (Å²) in [6, 6.07) is 30.3. The molecule has 0 bridgehead atoms. The van der Waals surface area contributed by atoms with Crippen LogP contribution in [-0.2, 0) is 43.5 Å². The zero-order valence-corrected chi connectivity index (χ0v) is 20.7. The fourth-order valence-electron chi connectivity index (χ4n) is 4.35. The van der Waals surface area contributed by atoms with Crippen molar-refractivity contribution in [1.29, 1.82) is 0 Å². The van der Waals surface area contributed by atoms with Gasteiger partial charge in [0.25, 0.3) is 0 Å². The smallest absolute Gasteiger partial charge is 0.125 e. The first kappa shape index (κ1) is 25.9. The SMILES string of the molecule is C=C=COC[C@H]1O[C@@H](C)[C@H](OCc2ccccc2)[C@@H](OCc2ccccc2)[C@@H]1OCc1ccccc1. The van der Waals surface area contributed by atoms with Gasteiger partial charge in [-0.25, -0.2) is 0 Å². The summed E-state index contributed by atoms with van der Waals surface area (Å²) in [5, 5.41) is 0. The quantitative estimate of drug-likeness (QED) is 0.238. The van der Waals surface area contributed by atoms with Crippen LogP contribution in [0.5, 0.6) is 0 Å². The van der Waals surface area contributed by atoms with Crippen molar-refractivity contribution in [1.82, 2.24) is 0 Å². The molecule has 36 heavy (non-hydrogen) atoms. The molecule has 3 aromatic rings. The minimum Gasteiger partial charge on any atom is -0.490 e. The maximum atomic E-state index is 6.55. The predicted molar refractivity (Wildman–Crippen MR) is 139 cm³/mol. The topological polar surface area (TPSA) is 46.2 Å². The zero-order chi connectivity index (χ0) is 25.0. The second-order valence-electron chi connectivity index (χ2n) is 8.82. The lowest BCUT2D eigenvalue weighted by Crippen LogP contribution is -2.60. The van der Waals surface area contributed by atoms with Gasteiger partial charge in [-0.2, -0.15) is 0 Å². The molecule has 0 saturated carbocycles. The van der Waals surface area contributed by atoms with Crippen LogP contribution in [0.4, 0.5) is 0 Å².